The molecule has 9 heteroatoms. The lowest BCUT2D eigenvalue weighted by Crippen LogP contribution is -2.25. The highest BCUT2D eigenvalue weighted by Gasteiger charge is 2.20. The van der Waals surface area contributed by atoms with E-state index in [1.807, 2.05) is 29.2 Å². The largest absolute Gasteiger partial charge is 0.497 e. The standard InChI is InChI=1S/C26H19F3N2O3S/c1-34-19-9-6-17(7-10-19)12-13-31(15-18-4-2-16(3-5-18)8-11-22(32)33)26-30-24-23(29)20(27)14-21(28)25(24)35-26/h2-7,9-10,14H,12-13,15H2,1H3,(H,32,33). The molecule has 1 N–H and O–H groups in total. The maximum Gasteiger partial charge on any atom is 0.382 e. The van der Waals surface area contributed by atoms with Crippen LogP contribution in [0.15, 0.2) is 54.6 Å². The molecule has 0 spiro atoms. The molecular formula is C26H19F3N2O3S. The van der Waals surface area contributed by atoms with Crippen LogP contribution in [0, 0.1) is 29.3 Å². The van der Waals surface area contributed by atoms with Gasteiger partial charge in [0.1, 0.15) is 17.1 Å². The van der Waals surface area contributed by atoms with Crippen molar-refractivity contribution in [2.75, 3.05) is 18.6 Å². The predicted molar refractivity (Wildman–Crippen MR) is 128 cm³/mol. The van der Waals surface area contributed by atoms with Crippen LogP contribution in [-0.4, -0.2) is 29.7 Å². The lowest BCUT2D eigenvalue weighted by molar-refractivity contribution is -0.130. The van der Waals surface area contributed by atoms with E-state index in [-0.39, 0.29) is 10.2 Å². The maximum absolute atomic E-state index is 14.3. The van der Waals surface area contributed by atoms with Crippen molar-refractivity contribution in [1.29, 1.82) is 0 Å². The molecule has 178 valence electrons. The quantitative estimate of drug-likeness (QED) is 0.274. The van der Waals surface area contributed by atoms with Crippen LogP contribution in [0.2, 0.25) is 0 Å². The Morgan fingerprint density at radius 1 is 1.06 bits per heavy atom. The number of nitrogens with zero attached hydrogens (tertiary/aromatic N) is 2. The first-order valence-corrected chi connectivity index (χ1v) is 11.3. The van der Waals surface area contributed by atoms with Crippen LogP contribution in [0.4, 0.5) is 18.3 Å². The first kappa shape index (κ1) is 24.1. The molecule has 1 aromatic heterocycles. The molecule has 0 bridgehead atoms. The highest BCUT2D eigenvalue weighted by Crippen LogP contribution is 2.34. The first-order valence-electron chi connectivity index (χ1n) is 10.5. The summed E-state index contributed by atoms with van der Waals surface area (Å²) in [7, 11) is 1.59. The number of carboxylic acids is 1. The van der Waals surface area contributed by atoms with Gasteiger partial charge in [-0.3, -0.25) is 0 Å². The summed E-state index contributed by atoms with van der Waals surface area (Å²) in [5, 5.41) is 9.06. The molecule has 0 aliphatic heterocycles. The van der Waals surface area contributed by atoms with E-state index in [2.05, 4.69) is 16.8 Å². The fourth-order valence-electron chi connectivity index (χ4n) is 3.45. The summed E-state index contributed by atoms with van der Waals surface area (Å²) in [6.07, 6.45) is 0.613. The molecule has 0 saturated carbocycles. The lowest BCUT2D eigenvalue weighted by Gasteiger charge is -2.22. The van der Waals surface area contributed by atoms with Crippen molar-refractivity contribution in [2.24, 2.45) is 0 Å². The Morgan fingerprint density at radius 2 is 1.74 bits per heavy atom. The van der Waals surface area contributed by atoms with Gasteiger partial charge in [0.15, 0.2) is 16.8 Å². The number of carbonyl (C=O) groups is 1. The summed E-state index contributed by atoms with van der Waals surface area (Å²) in [6.45, 7) is 0.826. The highest BCUT2D eigenvalue weighted by molar-refractivity contribution is 7.22. The Kier molecular flexibility index (Phi) is 7.22. The molecule has 1 heterocycles. The summed E-state index contributed by atoms with van der Waals surface area (Å²) < 4.78 is 47.5. The van der Waals surface area contributed by atoms with E-state index < -0.39 is 23.4 Å². The van der Waals surface area contributed by atoms with Gasteiger partial charge in [0, 0.05) is 30.6 Å². The van der Waals surface area contributed by atoms with E-state index in [1.165, 1.54) is 0 Å². The maximum atomic E-state index is 14.3. The summed E-state index contributed by atoms with van der Waals surface area (Å²) in [5.74, 6) is 0.797. The molecule has 0 atom stereocenters. The van der Waals surface area contributed by atoms with Gasteiger partial charge >= 0.3 is 5.97 Å². The van der Waals surface area contributed by atoms with Crippen LogP contribution in [0.3, 0.4) is 0 Å². The van der Waals surface area contributed by atoms with Gasteiger partial charge in [-0.25, -0.2) is 22.9 Å². The number of ether oxygens (including phenoxy) is 1. The zero-order valence-electron chi connectivity index (χ0n) is 18.5. The van der Waals surface area contributed by atoms with Crippen molar-refractivity contribution in [2.45, 2.75) is 13.0 Å². The van der Waals surface area contributed by atoms with Gasteiger partial charge in [0.2, 0.25) is 0 Å². The van der Waals surface area contributed by atoms with Gasteiger partial charge in [0.05, 0.1) is 11.8 Å². The Balaban J connectivity index is 1.63. The number of hydrogen-bond acceptors (Lipinski definition) is 5. The second-order valence-electron chi connectivity index (χ2n) is 7.60. The van der Waals surface area contributed by atoms with E-state index in [4.69, 9.17) is 9.84 Å². The average molecular weight is 497 g/mol. The molecule has 35 heavy (non-hydrogen) atoms. The minimum atomic E-state index is -1.28. The summed E-state index contributed by atoms with van der Waals surface area (Å²) in [5.41, 5.74) is 2.09. The summed E-state index contributed by atoms with van der Waals surface area (Å²) >= 11 is 0.955. The minimum Gasteiger partial charge on any atom is -0.497 e. The second kappa shape index (κ2) is 10.5. The van der Waals surface area contributed by atoms with Crippen LogP contribution >= 0.6 is 11.3 Å². The summed E-state index contributed by atoms with van der Waals surface area (Å²) in [4.78, 5) is 16.7. The van der Waals surface area contributed by atoms with Gasteiger partial charge in [-0.05, 0) is 41.8 Å². The van der Waals surface area contributed by atoms with Crippen molar-refractivity contribution in [1.82, 2.24) is 4.98 Å². The Morgan fingerprint density at radius 3 is 2.40 bits per heavy atom. The number of fused-ring (bicyclic) bond motifs is 1. The Labute approximate surface area is 203 Å². The van der Waals surface area contributed by atoms with E-state index in [1.54, 1.807) is 31.4 Å². The van der Waals surface area contributed by atoms with Crippen LogP contribution in [0.1, 0.15) is 16.7 Å². The van der Waals surface area contributed by atoms with Crippen molar-refractivity contribution in [3.8, 4) is 17.6 Å². The van der Waals surface area contributed by atoms with E-state index in [0.29, 0.717) is 36.3 Å². The molecule has 0 saturated heterocycles. The molecule has 4 aromatic rings. The molecular weight excluding hydrogens is 477 g/mol. The third-order valence-corrected chi connectivity index (χ3v) is 6.37. The molecule has 0 fully saturated rings. The predicted octanol–water partition coefficient (Wildman–Crippen LogP) is 5.41. The normalized spacial score (nSPS) is 10.6. The molecule has 0 aliphatic carbocycles. The monoisotopic (exact) mass is 496 g/mol. The Bertz CT molecular complexity index is 1420. The van der Waals surface area contributed by atoms with Crippen molar-refractivity contribution >= 4 is 32.7 Å². The van der Waals surface area contributed by atoms with Crippen molar-refractivity contribution < 1.29 is 27.8 Å². The molecule has 0 aliphatic rings. The second-order valence-corrected chi connectivity index (χ2v) is 8.58. The summed E-state index contributed by atoms with van der Waals surface area (Å²) in [6, 6.07) is 15.1. The van der Waals surface area contributed by atoms with E-state index >= 15 is 0 Å². The molecule has 4 rings (SSSR count). The zero-order chi connectivity index (χ0) is 24.9. The number of hydrogen-bond donors (Lipinski definition) is 1. The van der Waals surface area contributed by atoms with Gasteiger partial charge in [-0.2, -0.15) is 0 Å². The van der Waals surface area contributed by atoms with Gasteiger partial charge in [-0.1, -0.05) is 41.5 Å². The lowest BCUT2D eigenvalue weighted by atomic mass is 10.1. The van der Waals surface area contributed by atoms with Crippen LogP contribution in [-0.2, 0) is 17.8 Å². The van der Waals surface area contributed by atoms with E-state index in [0.717, 1.165) is 28.2 Å². The molecule has 3 aromatic carbocycles. The smallest absolute Gasteiger partial charge is 0.382 e. The number of rotatable bonds is 7. The molecule has 0 amide bonds. The number of methoxy groups -OCH3 is 1. The molecule has 0 unspecified atom stereocenters. The zero-order valence-corrected chi connectivity index (χ0v) is 19.3. The third-order valence-electron chi connectivity index (χ3n) is 5.24. The topological polar surface area (TPSA) is 62.7 Å². The van der Waals surface area contributed by atoms with E-state index in [9.17, 15) is 18.0 Å². The Hall–Kier alpha value is -4.03. The van der Waals surface area contributed by atoms with Gasteiger partial charge < -0.3 is 14.7 Å². The molecule has 5 nitrogen and oxygen atoms in total. The van der Waals surface area contributed by atoms with Gasteiger partial charge in [0.25, 0.3) is 0 Å². The van der Waals surface area contributed by atoms with Gasteiger partial charge in [-0.15, -0.1) is 0 Å². The third kappa shape index (κ3) is 5.73. The van der Waals surface area contributed by atoms with Crippen molar-refractivity contribution in [3.05, 3.63) is 88.7 Å². The van der Waals surface area contributed by atoms with Crippen molar-refractivity contribution in [3.63, 3.8) is 0 Å². The SMILES string of the molecule is COc1ccc(CCN(Cc2ccc(C#CC(=O)O)cc2)c2nc3c(F)c(F)cc(F)c3s2)cc1. The fourth-order valence-corrected chi connectivity index (χ4v) is 4.44. The number of halogens is 3. The number of aromatic nitrogens is 1. The van der Waals surface area contributed by atoms with Crippen LogP contribution < -0.4 is 9.64 Å². The first-order chi connectivity index (χ1) is 16.8. The highest BCUT2D eigenvalue weighted by atomic mass is 32.1. The van der Waals surface area contributed by atoms with Crippen LogP contribution in [0.25, 0.3) is 10.2 Å². The number of aliphatic carboxylic acids is 1. The fraction of sp³-hybridized carbons (Fsp3) is 0.154. The number of benzene rings is 3. The number of carboxylic acid groups (broad SMARTS) is 1. The molecule has 0 radical (unpaired) electrons. The number of anilines is 1. The minimum absolute atomic E-state index is 0.0485. The van der Waals surface area contributed by atoms with Crippen LogP contribution in [0.5, 0.6) is 5.75 Å². The average Bonchev–Trinajstić information content (AvgIpc) is 3.31. The number of thiazole rings is 1.